The first-order valence-corrected chi connectivity index (χ1v) is 10.8. The van der Waals surface area contributed by atoms with Crippen LogP contribution in [0, 0.1) is 18.6 Å². The second-order valence-electron chi connectivity index (χ2n) is 6.94. The Hall–Kier alpha value is -2.03. The highest BCUT2D eigenvalue weighted by Gasteiger charge is 2.20. The van der Waals surface area contributed by atoms with Crippen LogP contribution < -0.4 is 9.62 Å². The van der Waals surface area contributed by atoms with Gasteiger partial charge in [-0.2, -0.15) is 0 Å². The lowest BCUT2D eigenvalue weighted by atomic mass is 10.2. The zero-order valence-corrected chi connectivity index (χ0v) is 16.7. The van der Waals surface area contributed by atoms with Gasteiger partial charge in [0.25, 0.3) is 0 Å². The van der Waals surface area contributed by atoms with Crippen LogP contribution in [0.25, 0.3) is 0 Å². The number of hydrogen-bond donors (Lipinski definition) is 1. The van der Waals surface area contributed by atoms with E-state index in [9.17, 15) is 17.2 Å². The van der Waals surface area contributed by atoms with E-state index < -0.39 is 15.8 Å². The fourth-order valence-electron chi connectivity index (χ4n) is 3.42. The van der Waals surface area contributed by atoms with E-state index in [0.29, 0.717) is 24.2 Å². The number of nitrogens with zero attached hydrogens (tertiary/aromatic N) is 2. The molecule has 0 unspecified atom stereocenters. The normalized spacial score (nSPS) is 15.8. The van der Waals surface area contributed by atoms with Gasteiger partial charge in [-0.25, -0.2) is 21.9 Å². The maximum absolute atomic E-state index is 13.9. The van der Waals surface area contributed by atoms with Gasteiger partial charge in [-0.1, -0.05) is 12.1 Å². The predicted molar refractivity (Wildman–Crippen MR) is 106 cm³/mol. The van der Waals surface area contributed by atoms with Gasteiger partial charge in [-0.15, -0.1) is 0 Å². The van der Waals surface area contributed by atoms with Crippen molar-refractivity contribution in [2.24, 2.45) is 0 Å². The average Bonchev–Trinajstić information content (AvgIpc) is 2.66. The van der Waals surface area contributed by atoms with Gasteiger partial charge in [0.1, 0.15) is 11.6 Å². The summed E-state index contributed by atoms with van der Waals surface area (Å²) in [5.74, 6) is -0.660. The van der Waals surface area contributed by atoms with Crippen LogP contribution in [0.15, 0.2) is 47.4 Å². The van der Waals surface area contributed by atoms with Gasteiger partial charge < -0.3 is 4.90 Å². The zero-order valence-electron chi connectivity index (χ0n) is 15.9. The van der Waals surface area contributed by atoms with E-state index in [4.69, 9.17) is 0 Å². The first-order valence-electron chi connectivity index (χ1n) is 9.34. The lowest BCUT2D eigenvalue weighted by molar-refractivity contribution is 0.255. The maximum Gasteiger partial charge on any atom is 0.240 e. The van der Waals surface area contributed by atoms with Crippen LogP contribution in [0.4, 0.5) is 14.5 Å². The Balaban J connectivity index is 1.43. The molecule has 0 radical (unpaired) electrons. The minimum Gasteiger partial charge on any atom is -0.367 e. The minimum absolute atomic E-state index is 0.104. The van der Waals surface area contributed by atoms with Crippen molar-refractivity contribution in [2.75, 3.05) is 44.2 Å². The van der Waals surface area contributed by atoms with Crippen LogP contribution in [0.1, 0.15) is 12.0 Å². The van der Waals surface area contributed by atoms with Crippen molar-refractivity contribution in [2.45, 2.75) is 18.2 Å². The first-order chi connectivity index (χ1) is 13.4. The molecule has 0 atom stereocenters. The van der Waals surface area contributed by atoms with Crippen LogP contribution in [-0.2, 0) is 10.0 Å². The number of anilines is 1. The summed E-state index contributed by atoms with van der Waals surface area (Å²) in [7, 11) is -3.65. The van der Waals surface area contributed by atoms with E-state index in [0.717, 1.165) is 38.8 Å². The van der Waals surface area contributed by atoms with E-state index in [1.165, 1.54) is 18.2 Å². The highest BCUT2D eigenvalue weighted by molar-refractivity contribution is 7.89. The molecular weight excluding hydrogens is 384 g/mol. The second kappa shape index (κ2) is 8.98. The number of benzene rings is 2. The third-order valence-corrected chi connectivity index (χ3v) is 6.56. The quantitative estimate of drug-likeness (QED) is 0.715. The molecule has 1 aliphatic rings. The number of aryl methyl sites for hydroxylation is 1. The standard InChI is InChI=1S/C20H25F2N3O2S/c1-16-15-17(21)7-8-20(16)28(26,27)23-9-4-10-24-11-13-25(14-12-24)19-6-3-2-5-18(19)22/h2-3,5-8,15,23H,4,9-14H2,1H3. The predicted octanol–water partition coefficient (Wildman–Crippen LogP) is 2.76. The number of halogens is 2. The Morgan fingerprint density at radius 1 is 1.04 bits per heavy atom. The molecule has 8 heteroatoms. The smallest absolute Gasteiger partial charge is 0.240 e. The summed E-state index contributed by atoms with van der Waals surface area (Å²) >= 11 is 0. The number of nitrogens with one attached hydrogen (secondary N) is 1. The van der Waals surface area contributed by atoms with Gasteiger partial charge >= 0.3 is 0 Å². The first kappa shape index (κ1) is 20.7. The summed E-state index contributed by atoms with van der Waals surface area (Å²) < 4.78 is 54.3. The highest BCUT2D eigenvalue weighted by Crippen LogP contribution is 2.20. The fourth-order valence-corrected chi connectivity index (χ4v) is 4.72. The summed E-state index contributed by atoms with van der Waals surface area (Å²) in [5, 5.41) is 0. The number of sulfonamides is 1. The molecule has 1 saturated heterocycles. The molecule has 3 rings (SSSR count). The molecule has 1 heterocycles. The molecule has 1 fully saturated rings. The number of piperazine rings is 1. The van der Waals surface area contributed by atoms with Crippen molar-refractivity contribution in [1.82, 2.24) is 9.62 Å². The lowest BCUT2D eigenvalue weighted by Gasteiger charge is -2.36. The molecule has 28 heavy (non-hydrogen) atoms. The summed E-state index contributed by atoms with van der Waals surface area (Å²) in [4.78, 5) is 4.38. The minimum atomic E-state index is -3.65. The molecule has 152 valence electrons. The summed E-state index contributed by atoms with van der Waals surface area (Å²) in [5.41, 5.74) is 1.02. The van der Waals surface area contributed by atoms with Crippen LogP contribution in [0.3, 0.4) is 0 Å². The Morgan fingerprint density at radius 3 is 2.43 bits per heavy atom. The van der Waals surface area contributed by atoms with Gasteiger partial charge in [0.2, 0.25) is 10.0 Å². The molecule has 0 aliphatic carbocycles. The van der Waals surface area contributed by atoms with Crippen molar-refractivity contribution >= 4 is 15.7 Å². The van der Waals surface area contributed by atoms with Crippen LogP contribution in [-0.4, -0.2) is 52.6 Å². The third-order valence-electron chi connectivity index (χ3n) is 4.94. The Bertz CT molecular complexity index is 913. The SMILES string of the molecule is Cc1cc(F)ccc1S(=O)(=O)NCCCN1CCN(c2ccccc2F)CC1. The lowest BCUT2D eigenvalue weighted by Crippen LogP contribution is -2.47. The molecule has 0 saturated carbocycles. The largest absolute Gasteiger partial charge is 0.367 e. The van der Waals surface area contributed by atoms with E-state index >= 15 is 0 Å². The Labute approximate surface area is 165 Å². The summed E-state index contributed by atoms with van der Waals surface area (Å²) in [6.45, 7) is 5.73. The highest BCUT2D eigenvalue weighted by atomic mass is 32.2. The monoisotopic (exact) mass is 409 g/mol. The molecule has 0 amide bonds. The molecule has 1 N–H and O–H groups in total. The number of para-hydroxylation sites is 1. The summed E-state index contributed by atoms with van der Waals surface area (Å²) in [6.07, 6.45) is 0.666. The molecule has 2 aromatic rings. The fraction of sp³-hybridized carbons (Fsp3) is 0.400. The molecular formula is C20H25F2N3O2S. The van der Waals surface area contributed by atoms with Crippen LogP contribution in [0.5, 0.6) is 0 Å². The van der Waals surface area contributed by atoms with Gasteiger partial charge in [0.15, 0.2) is 0 Å². The summed E-state index contributed by atoms with van der Waals surface area (Å²) in [6, 6.07) is 10.4. The van der Waals surface area contributed by atoms with Crippen molar-refractivity contribution in [3.8, 4) is 0 Å². The van der Waals surface area contributed by atoms with Crippen molar-refractivity contribution in [3.63, 3.8) is 0 Å². The molecule has 5 nitrogen and oxygen atoms in total. The molecule has 0 spiro atoms. The molecule has 0 aromatic heterocycles. The van der Waals surface area contributed by atoms with Gasteiger partial charge in [0.05, 0.1) is 10.6 Å². The Kier molecular flexibility index (Phi) is 6.64. The number of rotatable bonds is 7. The van der Waals surface area contributed by atoms with Crippen molar-refractivity contribution < 1.29 is 17.2 Å². The van der Waals surface area contributed by atoms with Gasteiger partial charge in [-0.3, -0.25) is 4.90 Å². The third kappa shape index (κ3) is 5.06. The van der Waals surface area contributed by atoms with Crippen LogP contribution in [0.2, 0.25) is 0 Å². The zero-order chi connectivity index (χ0) is 20.1. The van der Waals surface area contributed by atoms with E-state index in [2.05, 4.69) is 9.62 Å². The second-order valence-corrected chi connectivity index (χ2v) is 8.68. The molecule has 0 bridgehead atoms. The van der Waals surface area contributed by atoms with Gasteiger partial charge in [-0.05, 0) is 55.8 Å². The average molecular weight is 410 g/mol. The number of hydrogen-bond acceptors (Lipinski definition) is 4. The van der Waals surface area contributed by atoms with Crippen molar-refractivity contribution in [3.05, 3.63) is 59.7 Å². The van der Waals surface area contributed by atoms with Crippen molar-refractivity contribution in [1.29, 1.82) is 0 Å². The van der Waals surface area contributed by atoms with Gasteiger partial charge in [0, 0.05) is 32.7 Å². The van der Waals surface area contributed by atoms with E-state index in [1.807, 2.05) is 11.0 Å². The maximum atomic E-state index is 13.9. The molecule has 1 aliphatic heterocycles. The van der Waals surface area contributed by atoms with Crippen LogP contribution >= 0.6 is 0 Å². The molecule has 2 aromatic carbocycles. The van der Waals surface area contributed by atoms with E-state index in [1.54, 1.807) is 19.1 Å². The topological polar surface area (TPSA) is 52.7 Å². The Morgan fingerprint density at radius 2 is 1.75 bits per heavy atom. The van der Waals surface area contributed by atoms with E-state index in [-0.39, 0.29) is 10.7 Å².